The molecule has 7 heteroatoms. The molecule has 0 aliphatic carbocycles. The highest BCUT2D eigenvalue weighted by atomic mass is 16.5. The molecule has 2 aromatic carbocycles. The number of nitrogens with one attached hydrogen (secondary N) is 1. The lowest BCUT2D eigenvalue weighted by atomic mass is 10.2. The van der Waals surface area contributed by atoms with Crippen molar-refractivity contribution in [3.63, 3.8) is 0 Å². The Morgan fingerprint density at radius 3 is 2.52 bits per heavy atom. The number of hydrogen-bond acceptors (Lipinski definition) is 7. The summed E-state index contributed by atoms with van der Waals surface area (Å²) in [5, 5.41) is 15.6. The monoisotopic (exact) mass is 359 g/mol. The number of nitrogens with zero attached hydrogens (tertiary/aromatic N) is 4. The van der Waals surface area contributed by atoms with Crippen LogP contribution < -0.4 is 10.1 Å². The van der Waals surface area contributed by atoms with E-state index in [-0.39, 0.29) is 0 Å². The molecule has 0 saturated heterocycles. The topological polar surface area (TPSA) is 86.0 Å². The Morgan fingerprint density at radius 1 is 0.926 bits per heavy atom. The van der Waals surface area contributed by atoms with Gasteiger partial charge >= 0.3 is 0 Å². The van der Waals surface area contributed by atoms with E-state index in [0.29, 0.717) is 29.8 Å². The molecule has 7 nitrogen and oxygen atoms in total. The molecule has 0 aliphatic heterocycles. The normalized spacial score (nSPS) is 10.6. The zero-order valence-electron chi connectivity index (χ0n) is 14.7. The van der Waals surface area contributed by atoms with Crippen LogP contribution in [0.15, 0.2) is 71.3 Å². The molecule has 2 heterocycles. The van der Waals surface area contributed by atoms with Crippen molar-refractivity contribution < 1.29 is 9.26 Å². The molecule has 27 heavy (non-hydrogen) atoms. The highest BCUT2D eigenvalue weighted by Gasteiger charge is 2.12. The summed E-state index contributed by atoms with van der Waals surface area (Å²) in [6.45, 7) is 0.580. The van der Waals surface area contributed by atoms with Gasteiger partial charge in [0.15, 0.2) is 5.69 Å². The number of anilines is 1. The van der Waals surface area contributed by atoms with Crippen molar-refractivity contribution >= 4 is 5.82 Å². The second-order valence-corrected chi connectivity index (χ2v) is 5.76. The number of ether oxygens (including phenoxy) is 1. The SMILES string of the molecule is COc1ccccc1CNc1ccc(-c2nc(-c3ccccc3)no2)nn1. The fourth-order valence-electron chi connectivity index (χ4n) is 2.61. The lowest BCUT2D eigenvalue weighted by Crippen LogP contribution is -2.04. The molecule has 134 valence electrons. The summed E-state index contributed by atoms with van der Waals surface area (Å²) in [7, 11) is 1.65. The minimum absolute atomic E-state index is 0.331. The van der Waals surface area contributed by atoms with Gasteiger partial charge in [0.2, 0.25) is 5.82 Å². The highest BCUT2D eigenvalue weighted by Crippen LogP contribution is 2.21. The second kappa shape index (κ2) is 7.65. The quantitative estimate of drug-likeness (QED) is 0.560. The Kier molecular flexibility index (Phi) is 4.74. The van der Waals surface area contributed by atoms with Crippen molar-refractivity contribution in [3.8, 4) is 28.7 Å². The van der Waals surface area contributed by atoms with Gasteiger partial charge in [-0.1, -0.05) is 53.7 Å². The van der Waals surface area contributed by atoms with E-state index in [1.54, 1.807) is 13.2 Å². The van der Waals surface area contributed by atoms with Gasteiger partial charge < -0.3 is 14.6 Å². The van der Waals surface area contributed by atoms with E-state index < -0.39 is 0 Å². The summed E-state index contributed by atoms with van der Waals surface area (Å²) < 4.78 is 10.6. The van der Waals surface area contributed by atoms with Crippen LogP contribution in [0, 0.1) is 0 Å². The molecule has 0 unspecified atom stereocenters. The number of aromatic nitrogens is 4. The van der Waals surface area contributed by atoms with E-state index in [1.165, 1.54) is 0 Å². The molecule has 0 aliphatic rings. The molecule has 0 saturated carbocycles. The molecule has 4 aromatic rings. The predicted molar refractivity (Wildman–Crippen MR) is 101 cm³/mol. The van der Waals surface area contributed by atoms with E-state index in [1.807, 2.05) is 60.7 Å². The van der Waals surface area contributed by atoms with E-state index in [0.717, 1.165) is 16.9 Å². The van der Waals surface area contributed by atoms with Crippen LogP contribution in [-0.4, -0.2) is 27.4 Å². The average molecular weight is 359 g/mol. The van der Waals surface area contributed by atoms with Crippen molar-refractivity contribution in [1.29, 1.82) is 0 Å². The fraction of sp³-hybridized carbons (Fsp3) is 0.100. The van der Waals surface area contributed by atoms with Gasteiger partial charge in [-0.25, -0.2) is 0 Å². The van der Waals surface area contributed by atoms with Gasteiger partial charge in [0.1, 0.15) is 11.6 Å². The molecule has 0 spiro atoms. The van der Waals surface area contributed by atoms with Crippen LogP contribution in [0.2, 0.25) is 0 Å². The maximum Gasteiger partial charge on any atom is 0.278 e. The first kappa shape index (κ1) is 16.7. The number of para-hydroxylation sites is 1. The third-order valence-electron chi connectivity index (χ3n) is 3.99. The highest BCUT2D eigenvalue weighted by molar-refractivity contribution is 5.57. The fourth-order valence-corrected chi connectivity index (χ4v) is 2.61. The van der Waals surface area contributed by atoms with Crippen molar-refractivity contribution in [2.45, 2.75) is 6.54 Å². The van der Waals surface area contributed by atoms with Gasteiger partial charge in [-0.2, -0.15) is 4.98 Å². The van der Waals surface area contributed by atoms with Crippen LogP contribution >= 0.6 is 0 Å². The second-order valence-electron chi connectivity index (χ2n) is 5.76. The molecular formula is C20H17N5O2. The van der Waals surface area contributed by atoms with Gasteiger partial charge in [-0.3, -0.25) is 0 Å². The number of benzene rings is 2. The van der Waals surface area contributed by atoms with Crippen molar-refractivity contribution in [2.75, 3.05) is 12.4 Å². The van der Waals surface area contributed by atoms with Crippen molar-refractivity contribution in [1.82, 2.24) is 20.3 Å². The molecule has 0 fully saturated rings. The molecular weight excluding hydrogens is 342 g/mol. The first-order valence-electron chi connectivity index (χ1n) is 8.42. The van der Waals surface area contributed by atoms with Crippen LogP contribution in [-0.2, 0) is 6.54 Å². The zero-order chi connectivity index (χ0) is 18.5. The molecule has 1 N–H and O–H groups in total. The van der Waals surface area contributed by atoms with Crippen LogP contribution in [0.5, 0.6) is 5.75 Å². The van der Waals surface area contributed by atoms with E-state index in [4.69, 9.17) is 9.26 Å². The van der Waals surface area contributed by atoms with Crippen LogP contribution in [0.25, 0.3) is 23.0 Å². The van der Waals surface area contributed by atoms with E-state index in [9.17, 15) is 0 Å². The van der Waals surface area contributed by atoms with Crippen LogP contribution in [0.1, 0.15) is 5.56 Å². The Morgan fingerprint density at radius 2 is 1.74 bits per heavy atom. The minimum Gasteiger partial charge on any atom is -0.496 e. The van der Waals surface area contributed by atoms with Crippen molar-refractivity contribution in [2.24, 2.45) is 0 Å². The summed E-state index contributed by atoms with van der Waals surface area (Å²) in [6, 6.07) is 21.1. The predicted octanol–water partition coefficient (Wildman–Crippen LogP) is 3.81. The lowest BCUT2D eigenvalue weighted by molar-refractivity contribution is 0.410. The summed E-state index contributed by atoms with van der Waals surface area (Å²) in [5.74, 6) is 2.32. The average Bonchev–Trinajstić information content (AvgIpc) is 3.24. The zero-order valence-corrected chi connectivity index (χ0v) is 14.7. The van der Waals surface area contributed by atoms with Gasteiger partial charge in [-0.15, -0.1) is 10.2 Å². The summed E-state index contributed by atoms with van der Waals surface area (Å²) in [6.07, 6.45) is 0. The number of methoxy groups -OCH3 is 1. The molecule has 0 atom stereocenters. The summed E-state index contributed by atoms with van der Waals surface area (Å²) in [4.78, 5) is 4.38. The molecule has 2 aromatic heterocycles. The smallest absolute Gasteiger partial charge is 0.278 e. The Labute approximate surface area is 156 Å². The largest absolute Gasteiger partial charge is 0.496 e. The maximum absolute atomic E-state index is 5.35. The van der Waals surface area contributed by atoms with E-state index >= 15 is 0 Å². The maximum atomic E-state index is 5.35. The lowest BCUT2D eigenvalue weighted by Gasteiger charge is -2.09. The number of rotatable bonds is 6. The van der Waals surface area contributed by atoms with Gasteiger partial charge in [0.25, 0.3) is 5.89 Å². The summed E-state index contributed by atoms with van der Waals surface area (Å²) in [5.41, 5.74) is 2.44. The third kappa shape index (κ3) is 3.77. The van der Waals surface area contributed by atoms with Crippen molar-refractivity contribution in [3.05, 3.63) is 72.3 Å². The Balaban J connectivity index is 1.46. The van der Waals surface area contributed by atoms with Crippen LogP contribution in [0.3, 0.4) is 0 Å². The molecule has 0 amide bonds. The van der Waals surface area contributed by atoms with Crippen LogP contribution in [0.4, 0.5) is 5.82 Å². The van der Waals surface area contributed by atoms with Gasteiger partial charge in [-0.05, 0) is 18.2 Å². The molecule has 0 radical (unpaired) electrons. The first-order chi connectivity index (χ1) is 13.3. The van der Waals surface area contributed by atoms with E-state index in [2.05, 4.69) is 25.7 Å². The summed E-state index contributed by atoms with van der Waals surface area (Å²) >= 11 is 0. The molecule has 0 bridgehead atoms. The first-order valence-corrected chi connectivity index (χ1v) is 8.42. The standard InChI is InChI=1S/C20H17N5O2/c1-26-17-10-6-5-9-15(17)13-21-18-12-11-16(23-24-18)20-22-19(25-27-20)14-7-3-2-4-8-14/h2-12H,13H2,1H3,(H,21,24). The van der Waals surface area contributed by atoms with Gasteiger partial charge in [0, 0.05) is 17.7 Å². The Bertz CT molecular complexity index is 1020. The molecule has 4 rings (SSSR count). The number of hydrogen-bond donors (Lipinski definition) is 1. The van der Waals surface area contributed by atoms with Gasteiger partial charge in [0.05, 0.1) is 7.11 Å². The third-order valence-corrected chi connectivity index (χ3v) is 3.99. The Hall–Kier alpha value is -3.74. The minimum atomic E-state index is 0.331.